The van der Waals surface area contributed by atoms with E-state index in [2.05, 4.69) is 22.0 Å². The number of nitrogens with two attached hydrogens (primary N) is 1. The molecule has 6 rings (SSSR count). The number of amides is 1. The van der Waals surface area contributed by atoms with Gasteiger partial charge in [-0.25, -0.2) is 4.99 Å². The van der Waals surface area contributed by atoms with Crippen molar-refractivity contribution in [2.24, 2.45) is 4.99 Å². The average molecular weight is 530 g/mol. The summed E-state index contributed by atoms with van der Waals surface area (Å²) in [5.74, 6) is 0.158. The van der Waals surface area contributed by atoms with Crippen LogP contribution < -0.4 is 5.73 Å². The quantitative estimate of drug-likeness (QED) is 0.198. The number of hydrogen-bond donors (Lipinski definition) is 3. The molecule has 0 radical (unpaired) electrons. The van der Waals surface area contributed by atoms with Gasteiger partial charge in [-0.05, 0) is 48.0 Å². The number of benzene rings is 4. The molecule has 1 saturated heterocycles. The SMILES string of the molecule is Nc1ccc2[nH]c(O)c(C(=Nc3ccc(CN4CCN(C(=O)c5ccccc5)CC4)cc3)c3ccccc3)c2c1. The van der Waals surface area contributed by atoms with Crippen molar-refractivity contribution in [2.45, 2.75) is 6.54 Å². The maximum absolute atomic E-state index is 12.8. The van der Waals surface area contributed by atoms with Crippen molar-refractivity contribution >= 4 is 33.9 Å². The number of H-pyrrole nitrogens is 1. The highest BCUT2D eigenvalue weighted by Crippen LogP contribution is 2.32. The molecular formula is C33H31N5O2. The van der Waals surface area contributed by atoms with Gasteiger partial charge in [-0.15, -0.1) is 0 Å². The monoisotopic (exact) mass is 529 g/mol. The van der Waals surface area contributed by atoms with Gasteiger partial charge < -0.3 is 20.7 Å². The van der Waals surface area contributed by atoms with Crippen LogP contribution in [0.2, 0.25) is 0 Å². The first-order chi connectivity index (χ1) is 19.5. The van der Waals surface area contributed by atoms with Crippen LogP contribution in [0.25, 0.3) is 10.9 Å². The van der Waals surface area contributed by atoms with Gasteiger partial charge in [-0.3, -0.25) is 9.69 Å². The number of carbonyl (C=O) groups is 1. The summed E-state index contributed by atoms with van der Waals surface area (Å²) < 4.78 is 0. The second-order valence-electron chi connectivity index (χ2n) is 10.1. The lowest BCUT2D eigenvalue weighted by Gasteiger charge is -2.34. The largest absolute Gasteiger partial charge is 0.494 e. The third-order valence-corrected chi connectivity index (χ3v) is 7.35. The first kappa shape index (κ1) is 25.4. The number of nitrogen functional groups attached to an aromatic ring is 1. The summed E-state index contributed by atoms with van der Waals surface area (Å²) in [6.45, 7) is 3.91. The summed E-state index contributed by atoms with van der Waals surface area (Å²) >= 11 is 0. The van der Waals surface area contributed by atoms with E-state index in [-0.39, 0.29) is 11.8 Å². The van der Waals surface area contributed by atoms with Crippen LogP contribution in [0.3, 0.4) is 0 Å². The van der Waals surface area contributed by atoms with E-state index in [0.717, 1.165) is 60.4 Å². The first-order valence-electron chi connectivity index (χ1n) is 13.5. The number of aromatic amines is 1. The van der Waals surface area contributed by atoms with Gasteiger partial charge in [0.05, 0.1) is 17.0 Å². The van der Waals surface area contributed by atoms with Crippen LogP contribution in [-0.2, 0) is 6.54 Å². The van der Waals surface area contributed by atoms with E-state index in [1.54, 1.807) is 6.07 Å². The molecule has 0 bridgehead atoms. The van der Waals surface area contributed by atoms with Gasteiger partial charge in [-0.1, -0.05) is 60.7 Å². The molecule has 5 aromatic rings. The number of rotatable bonds is 6. The Labute approximate surface area is 233 Å². The number of aromatic nitrogens is 1. The van der Waals surface area contributed by atoms with Crippen molar-refractivity contribution in [1.29, 1.82) is 0 Å². The summed E-state index contributed by atoms with van der Waals surface area (Å²) in [5, 5.41) is 11.7. The second-order valence-corrected chi connectivity index (χ2v) is 10.1. The molecule has 1 aliphatic rings. The second kappa shape index (κ2) is 11.1. The van der Waals surface area contributed by atoms with Crippen LogP contribution in [0.1, 0.15) is 27.0 Å². The number of aromatic hydroxyl groups is 1. The molecule has 1 fully saturated rings. The maximum atomic E-state index is 12.8. The number of carbonyl (C=O) groups excluding carboxylic acids is 1. The lowest BCUT2D eigenvalue weighted by molar-refractivity contribution is 0.0628. The van der Waals surface area contributed by atoms with Crippen LogP contribution >= 0.6 is 0 Å². The lowest BCUT2D eigenvalue weighted by Crippen LogP contribution is -2.48. The van der Waals surface area contributed by atoms with E-state index >= 15 is 0 Å². The molecule has 40 heavy (non-hydrogen) atoms. The molecule has 4 N–H and O–H groups in total. The molecule has 2 heterocycles. The van der Waals surface area contributed by atoms with Crippen LogP contribution in [0.15, 0.2) is 108 Å². The number of nitrogens with zero attached hydrogens (tertiary/aromatic N) is 3. The Morgan fingerprint density at radius 2 is 1.48 bits per heavy atom. The van der Waals surface area contributed by atoms with Gasteiger partial charge in [0.15, 0.2) is 5.88 Å². The number of hydrogen-bond acceptors (Lipinski definition) is 5. The predicted octanol–water partition coefficient (Wildman–Crippen LogP) is 5.58. The van der Waals surface area contributed by atoms with E-state index in [0.29, 0.717) is 17.0 Å². The molecule has 1 aliphatic heterocycles. The summed E-state index contributed by atoms with van der Waals surface area (Å²) in [5.41, 5.74) is 12.4. The molecule has 4 aromatic carbocycles. The smallest absolute Gasteiger partial charge is 0.253 e. The summed E-state index contributed by atoms with van der Waals surface area (Å²) in [7, 11) is 0. The van der Waals surface area contributed by atoms with E-state index in [9.17, 15) is 9.90 Å². The molecular weight excluding hydrogens is 498 g/mol. The van der Waals surface area contributed by atoms with E-state index in [1.165, 1.54) is 5.56 Å². The molecule has 1 amide bonds. The van der Waals surface area contributed by atoms with Crippen molar-refractivity contribution in [3.8, 4) is 5.88 Å². The zero-order valence-electron chi connectivity index (χ0n) is 22.1. The number of anilines is 1. The minimum absolute atomic E-state index is 0.0599. The Bertz CT molecular complexity index is 1650. The number of fused-ring (bicyclic) bond motifs is 1. The van der Waals surface area contributed by atoms with Gasteiger partial charge in [-0.2, -0.15) is 0 Å². The lowest BCUT2D eigenvalue weighted by atomic mass is 10.0. The highest BCUT2D eigenvalue weighted by atomic mass is 16.3. The molecule has 0 aliphatic carbocycles. The van der Waals surface area contributed by atoms with Crippen LogP contribution in [0.5, 0.6) is 5.88 Å². The molecule has 7 nitrogen and oxygen atoms in total. The third kappa shape index (κ3) is 5.32. The molecule has 0 spiro atoms. The number of nitrogens with one attached hydrogen (secondary N) is 1. The topological polar surface area (TPSA) is 97.9 Å². The molecule has 7 heteroatoms. The van der Waals surface area contributed by atoms with Crippen LogP contribution in [0.4, 0.5) is 11.4 Å². The summed E-state index contributed by atoms with van der Waals surface area (Å²) in [6.07, 6.45) is 0. The highest BCUT2D eigenvalue weighted by molar-refractivity contribution is 6.22. The summed E-state index contributed by atoms with van der Waals surface area (Å²) in [6, 6.07) is 33.1. The Morgan fingerprint density at radius 3 is 2.15 bits per heavy atom. The fraction of sp³-hybridized carbons (Fsp3) is 0.152. The Hall–Kier alpha value is -4.88. The van der Waals surface area contributed by atoms with E-state index in [1.807, 2.05) is 89.8 Å². The van der Waals surface area contributed by atoms with Crippen molar-refractivity contribution in [3.63, 3.8) is 0 Å². The average Bonchev–Trinajstić information content (AvgIpc) is 3.32. The van der Waals surface area contributed by atoms with Crippen molar-refractivity contribution in [3.05, 3.63) is 125 Å². The maximum Gasteiger partial charge on any atom is 0.253 e. The zero-order chi connectivity index (χ0) is 27.5. The molecule has 0 saturated carbocycles. The fourth-order valence-electron chi connectivity index (χ4n) is 5.23. The number of aliphatic imine (C=N–C) groups is 1. The number of piperazine rings is 1. The van der Waals surface area contributed by atoms with Gasteiger partial charge in [0, 0.05) is 60.4 Å². The standard InChI is InChI=1S/C33H31N5O2/c34-26-13-16-29-28(21-26)30(32(39)36-29)31(24-7-3-1-4-8-24)35-27-14-11-23(12-15-27)22-37-17-19-38(20-18-37)33(40)25-9-5-2-6-10-25/h1-16,21,36,39H,17-20,22,34H2. The molecule has 0 unspecified atom stereocenters. The van der Waals surface area contributed by atoms with Crippen LogP contribution in [-0.4, -0.2) is 57.7 Å². The zero-order valence-corrected chi connectivity index (χ0v) is 22.1. The molecule has 0 atom stereocenters. The molecule has 1 aromatic heterocycles. The van der Waals surface area contributed by atoms with Crippen molar-refractivity contribution < 1.29 is 9.90 Å². The van der Waals surface area contributed by atoms with Gasteiger partial charge in [0.25, 0.3) is 5.91 Å². The Morgan fingerprint density at radius 1 is 0.825 bits per heavy atom. The van der Waals surface area contributed by atoms with E-state index in [4.69, 9.17) is 10.7 Å². The van der Waals surface area contributed by atoms with E-state index < -0.39 is 0 Å². The first-order valence-corrected chi connectivity index (χ1v) is 13.5. The van der Waals surface area contributed by atoms with Gasteiger partial charge >= 0.3 is 0 Å². The Balaban J connectivity index is 1.20. The molecule has 200 valence electrons. The van der Waals surface area contributed by atoms with Gasteiger partial charge in [0.1, 0.15) is 0 Å². The van der Waals surface area contributed by atoms with Crippen LogP contribution in [0, 0.1) is 0 Å². The normalized spacial score (nSPS) is 14.5. The fourth-order valence-corrected chi connectivity index (χ4v) is 5.23. The summed E-state index contributed by atoms with van der Waals surface area (Å²) in [4.78, 5) is 25.1. The minimum Gasteiger partial charge on any atom is -0.494 e. The van der Waals surface area contributed by atoms with Crippen molar-refractivity contribution in [1.82, 2.24) is 14.8 Å². The minimum atomic E-state index is 0.0599. The third-order valence-electron chi connectivity index (χ3n) is 7.35. The Kier molecular flexibility index (Phi) is 7.04. The van der Waals surface area contributed by atoms with Crippen molar-refractivity contribution in [2.75, 3.05) is 31.9 Å². The van der Waals surface area contributed by atoms with Gasteiger partial charge in [0.2, 0.25) is 0 Å². The predicted molar refractivity (Wildman–Crippen MR) is 160 cm³/mol. The highest BCUT2D eigenvalue weighted by Gasteiger charge is 2.22.